The fourth-order valence-electron chi connectivity index (χ4n) is 1.86. The lowest BCUT2D eigenvalue weighted by Crippen LogP contribution is -1.96. The maximum absolute atomic E-state index is 9.90. The van der Waals surface area contributed by atoms with Crippen LogP contribution in [-0.2, 0) is 6.61 Å². The summed E-state index contributed by atoms with van der Waals surface area (Å²) in [6.45, 7) is 1.87. The van der Waals surface area contributed by atoms with E-state index in [4.69, 9.17) is 9.26 Å². The normalized spacial score (nSPS) is 10.8. The number of ether oxygens (including phenoxy) is 1. The standard InChI is InChI=1S/C14H12N2O3/c1-9-15-14(19-16-9)8-18-13-7-11-5-3-2-4-10(11)6-12(13)17/h2-7,17H,8H2,1H3. The molecule has 0 aliphatic heterocycles. The van der Waals surface area contributed by atoms with Gasteiger partial charge in [-0.2, -0.15) is 4.98 Å². The number of phenols is 1. The number of aryl methyl sites for hydroxylation is 1. The molecule has 0 bridgehead atoms. The van der Waals surface area contributed by atoms with Crippen LogP contribution in [-0.4, -0.2) is 15.2 Å². The third kappa shape index (κ3) is 2.35. The lowest BCUT2D eigenvalue weighted by atomic mass is 10.1. The van der Waals surface area contributed by atoms with Gasteiger partial charge in [-0.15, -0.1) is 0 Å². The van der Waals surface area contributed by atoms with Crippen molar-refractivity contribution in [1.82, 2.24) is 10.1 Å². The molecule has 0 radical (unpaired) electrons. The summed E-state index contributed by atoms with van der Waals surface area (Å²) in [7, 11) is 0. The number of hydrogen-bond donors (Lipinski definition) is 1. The Morgan fingerprint density at radius 3 is 2.63 bits per heavy atom. The van der Waals surface area contributed by atoms with Crippen LogP contribution in [0.5, 0.6) is 11.5 Å². The first kappa shape index (κ1) is 11.5. The molecule has 0 saturated carbocycles. The molecule has 3 aromatic rings. The SMILES string of the molecule is Cc1noc(COc2cc3ccccc3cc2O)n1. The number of hydrogen-bond acceptors (Lipinski definition) is 5. The van der Waals surface area contributed by atoms with E-state index >= 15 is 0 Å². The van der Waals surface area contributed by atoms with Gasteiger partial charge in [0.2, 0.25) is 0 Å². The zero-order chi connectivity index (χ0) is 13.2. The van der Waals surface area contributed by atoms with Crippen LogP contribution in [0.4, 0.5) is 0 Å². The van der Waals surface area contributed by atoms with E-state index in [0.717, 1.165) is 10.8 Å². The maximum Gasteiger partial charge on any atom is 0.264 e. The van der Waals surface area contributed by atoms with E-state index in [2.05, 4.69) is 10.1 Å². The molecule has 0 atom stereocenters. The monoisotopic (exact) mass is 256 g/mol. The summed E-state index contributed by atoms with van der Waals surface area (Å²) >= 11 is 0. The van der Waals surface area contributed by atoms with Gasteiger partial charge in [0.15, 0.2) is 23.9 Å². The molecular formula is C14H12N2O3. The summed E-state index contributed by atoms with van der Waals surface area (Å²) in [6.07, 6.45) is 0. The van der Waals surface area contributed by atoms with Gasteiger partial charge in [-0.25, -0.2) is 0 Å². The van der Waals surface area contributed by atoms with Crippen molar-refractivity contribution in [2.45, 2.75) is 13.5 Å². The number of benzene rings is 2. The summed E-state index contributed by atoms with van der Waals surface area (Å²) in [6, 6.07) is 11.2. The zero-order valence-corrected chi connectivity index (χ0v) is 10.3. The fraction of sp³-hybridized carbons (Fsp3) is 0.143. The molecule has 3 rings (SSSR count). The van der Waals surface area contributed by atoms with Crippen molar-refractivity contribution >= 4 is 10.8 Å². The number of aromatic hydroxyl groups is 1. The highest BCUT2D eigenvalue weighted by Gasteiger charge is 2.08. The van der Waals surface area contributed by atoms with Gasteiger partial charge in [0.05, 0.1) is 0 Å². The highest BCUT2D eigenvalue weighted by molar-refractivity contribution is 5.85. The third-order valence-electron chi connectivity index (χ3n) is 2.75. The molecule has 5 nitrogen and oxygen atoms in total. The van der Waals surface area contributed by atoms with Gasteiger partial charge in [-0.05, 0) is 29.8 Å². The average molecular weight is 256 g/mol. The number of nitrogens with zero attached hydrogens (tertiary/aromatic N) is 2. The van der Waals surface area contributed by atoms with Gasteiger partial charge in [0, 0.05) is 0 Å². The second-order valence-electron chi connectivity index (χ2n) is 4.19. The lowest BCUT2D eigenvalue weighted by Gasteiger charge is -2.07. The predicted molar refractivity (Wildman–Crippen MR) is 69.0 cm³/mol. The van der Waals surface area contributed by atoms with Gasteiger partial charge < -0.3 is 14.4 Å². The first-order valence-electron chi connectivity index (χ1n) is 5.86. The molecule has 96 valence electrons. The van der Waals surface area contributed by atoms with Crippen molar-refractivity contribution in [2.24, 2.45) is 0 Å². The number of phenolic OH excluding ortho intramolecular Hbond substituents is 1. The van der Waals surface area contributed by atoms with Gasteiger partial charge in [-0.1, -0.05) is 29.4 Å². The summed E-state index contributed by atoms with van der Waals surface area (Å²) in [5, 5.41) is 15.5. The molecule has 0 amide bonds. The number of aromatic nitrogens is 2. The quantitative estimate of drug-likeness (QED) is 0.780. The summed E-state index contributed by atoms with van der Waals surface area (Å²) in [5.41, 5.74) is 0. The summed E-state index contributed by atoms with van der Waals surface area (Å²) in [5.74, 6) is 1.43. The molecule has 2 aromatic carbocycles. The molecule has 0 saturated heterocycles. The Balaban J connectivity index is 1.86. The third-order valence-corrected chi connectivity index (χ3v) is 2.75. The molecule has 0 aliphatic carbocycles. The largest absolute Gasteiger partial charge is 0.504 e. The Hall–Kier alpha value is -2.56. The fourth-order valence-corrected chi connectivity index (χ4v) is 1.86. The van der Waals surface area contributed by atoms with Crippen LogP contribution in [0, 0.1) is 6.92 Å². The first-order chi connectivity index (χ1) is 9.22. The summed E-state index contributed by atoms with van der Waals surface area (Å²) < 4.78 is 10.4. The van der Waals surface area contributed by atoms with Gasteiger partial charge in [0.1, 0.15) is 0 Å². The van der Waals surface area contributed by atoms with E-state index in [-0.39, 0.29) is 12.4 Å². The molecular weight excluding hydrogens is 244 g/mol. The van der Waals surface area contributed by atoms with Crippen LogP contribution in [0.15, 0.2) is 40.9 Å². The molecule has 0 spiro atoms. The average Bonchev–Trinajstić information content (AvgIpc) is 2.82. The van der Waals surface area contributed by atoms with Crippen LogP contribution in [0.25, 0.3) is 10.8 Å². The first-order valence-corrected chi connectivity index (χ1v) is 5.86. The van der Waals surface area contributed by atoms with E-state index in [0.29, 0.717) is 17.5 Å². The van der Waals surface area contributed by atoms with Crippen molar-refractivity contribution in [1.29, 1.82) is 0 Å². The smallest absolute Gasteiger partial charge is 0.264 e. The number of fused-ring (bicyclic) bond motifs is 1. The van der Waals surface area contributed by atoms with Gasteiger partial charge >= 0.3 is 0 Å². The number of rotatable bonds is 3. The Morgan fingerprint density at radius 2 is 1.95 bits per heavy atom. The van der Waals surface area contributed by atoms with Crippen molar-refractivity contribution in [2.75, 3.05) is 0 Å². The van der Waals surface area contributed by atoms with E-state index in [1.54, 1.807) is 19.1 Å². The van der Waals surface area contributed by atoms with Crippen molar-refractivity contribution in [3.63, 3.8) is 0 Å². The summed E-state index contributed by atoms with van der Waals surface area (Å²) in [4.78, 5) is 4.03. The molecule has 1 N–H and O–H groups in total. The molecule has 0 unspecified atom stereocenters. The maximum atomic E-state index is 9.90. The van der Waals surface area contributed by atoms with Crippen LogP contribution < -0.4 is 4.74 Å². The Kier molecular flexibility index (Phi) is 2.79. The van der Waals surface area contributed by atoms with Crippen LogP contribution in [0.2, 0.25) is 0 Å². The highest BCUT2D eigenvalue weighted by atomic mass is 16.5. The van der Waals surface area contributed by atoms with Crippen LogP contribution in [0.1, 0.15) is 11.7 Å². The molecule has 19 heavy (non-hydrogen) atoms. The highest BCUT2D eigenvalue weighted by Crippen LogP contribution is 2.31. The van der Waals surface area contributed by atoms with E-state index in [1.807, 2.05) is 24.3 Å². The lowest BCUT2D eigenvalue weighted by molar-refractivity contribution is 0.235. The Bertz CT molecular complexity index is 722. The zero-order valence-electron chi connectivity index (χ0n) is 10.3. The Labute approximate surface area is 109 Å². The minimum Gasteiger partial charge on any atom is -0.504 e. The van der Waals surface area contributed by atoms with E-state index < -0.39 is 0 Å². The van der Waals surface area contributed by atoms with Crippen molar-refractivity contribution < 1.29 is 14.4 Å². The van der Waals surface area contributed by atoms with E-state index in [9.17, 15) is 5.11 Å². The van der Waals surface area contributed by atoms with Crippen LogP contribution >= 0.6 is 0 Å². The molecule has 0 aliphatic rings. The van der Waals surface area contributed by atoms with E-state index in [1.165, 1.54) is 0 Å². The molecule has 1 aromatic heterocycles. The van der Waals surface area contributed by atoms with Crippen molar-refractivity contribution in [3.05, 3.63) is 48.1 Å². The topological polar surface area (TPSA) is 68.4 Å². The second-order valence-corrected chi connectivity index (χ2v) is 4.19. The van der Waals surface area contributed by atoms with Gasteiger partial charge in [0.25, 0.3) is 5.89 Å². The van der Waals surface area contributed by atoms with Gasteiger partial charge in [-0.3, -0.25) is 0 Å². The van der Waals surface area contributed by atoms with Crippen molar-refractivity contribution in [3.8, 4) is 11.5 Å². The molecule has 0 fully saturated rings. The predicted octanol–water partition coefficient (Wildman–Crippen LogP) is 2.82. The molecule has 5 heteroatoms. The minimum absolute atomic E-state index is 0.0925. The molecule has 1 heterocycles. The Morgan fingerprint density at radius 1 is 1.21 bits per heavy atom. The second kappa shape index (κ2) is 4.61. The minimum atomic E-state index is 0.0925. The van der Waals surface area contributed by atoms with Crippen LogP contribution in [0.3, 0.4) is 0 Å².